The normalized spacial score (nSPS) is 15.1. The average Bonchev–Trinajstić information content (AvgIpc) is 3.02. The van der Waals surface area contributed by atoms with Gasteiger partial charge in [0.1, 0.15) is 6.54 Å². The molecule has 1 fully saturated rings. The minimum Gasteiger partial charge on any atom is -0.326 e. The van der Waals surface area contributed by atoms with Gasteiger partial charge in [0.2, 0.25) is 5.91 Å². The monoisotopic (exact) mass is 439 g/mol. The van der Waals surface area contributed by atoms with Crippen LogP contribution in [0.5, 0.6) is 0 Å². The van der Waals surface area contributed by atoms with Crippen molar-refractivity contribution in [1.29, 1.82) is 0 Å². The number of hydrogen-bond acceptors (Lipinski definition) is 4. The Hall–Kier alpha value is -2.42. The van der Waals surface area contributed by atoms with Gasteiger partial charge in [0.05, 0.1) is 11.3 Å². The summed E-state index contributed by atoms with van der Waals surface area (Å²) in [5.74, 6) is -0.799. The van der Waals surface area contributed by atoms with Gasteiger partial charge in [-0.1, -0.05) is 19.3 Å². The van der Waals surface area contributed by atoms with Crippen LogP contribution in [0.1, 0.15) is 58.6 Å². The maximum atomic E-state index is 13.1. The molecule has 0 unspecified atom stereocenters. The molecule has 1 aliphatic carbocycles. The molecular weight excluding hydrogens is 415 g/mol. The molecule has 0 saturated heterocycles. The van der Waals surface area contributed by atoms with Crippen LogP contribution >= 0.6 is 11.3 Å². The highest BCUT2D eigenvalue weighted by atomic mass is 32.1. The van der Waals surface area contributed by atoms with Gasteiger partial charge in [-0.2, -0.15) is 13.2 Å². The summed E-state index contributed by atoms with van der Waals surface area (Å²) in [6.45, 7) is 3.59. The molecule has 2 aromatic rings. The second kappa shape index (κ2) is 9.16. The fourth-order valence-electron chi connectivity index (χ4n) is 3.57. The Morgan fingerprint density at radius 2 is 1.77 bits per heavy atom. The van der Waals surface area contributed by atoms with Crippen LogP contribution in [0.25, 0.3) is 0 Å². The molecule has 1 aliphatic rings. The molecule has 0 bridgehead atoms. The van der Waals surface area contributed by atoms with E-state index in [0.29, 0.717) is 5.13 Å². The Morgan fingerprint density at radius 1 is 1.13 bits per heavy atom. The fourth-order valence-corrected chi connectivity index (χ4v) is 4.40. The molecule has 1 aromatic heterocycles. The van der Waals surface area contributed by atoms with E-state index in [2.05, 4.69) is 10.3 Å². The van der Waals surface area contributed by atoms with Crippen LogP contribution in [-0.4, -0.2) is 34.3 Å². The molecule has 162 valence electrons. The van der Waals surface area contributed by atoms with Crippen molar-refractivity contribution in [3.05, 3.63) is 46.0 Å². The lowest BCUT2D eigenvalue weighted by molar-refractivity contribution is -0.137. The second-order valence-electron chi connectivity index (χ2n) is 7.51. The van der Waals surface area contributed by atoms with Crippen molar-refractivity contribution < 1.29 is 22.8 Å². The summed E-state index contributed by atoms with van der Waals surface area (Å²) in [7, 11) is 0. The van der Waals surface area contributed by atoms with E-state index in [1.807, 2.05) is 13.8 Å². The topological polar surface area (TPSA) is 62.3 Å². The van der Waals surface area contributed by atoms with E-state index in [1.165, 1.54) is 28.4 Å². The first-order valence-electron chi connectivity index (χ1n) is 9.87. The highest BCUT2D eigenvalue weighted by molar-refractivity contribution is 7.15. The minimum absolute atomic E-state index is 0.112. The van der Waals surface area contributed by atoms with E-state index < -0.39 is 17.6 Å². The van der Waals surface area contributed by atoms with Gasteiger partial charge in [0, 0.05) is 16.5 Å². The molecule has 1 N–H and O–H groups in total. The van der Waals surface area contributed by atoms with E-state index >= 15 is 0 Å². The number of halogens is 3. The predicted molar refractivity (Wildman–Crippen MR) is 110 cm³/mol. The lowest BCUT2D eigenvalue weighted by atomic mass is 9.93. The third kappa shape index (κ3) is 5.38. The molecule has 5 nitrogen and oxygen atoms in total. The Morgan fingerprint density at radius 3 is 2.30 bits per heavy atom. The average molecular weight is 440 g/mol. The first kappa shape index (κ1) is 22.3. The number of aromatic nitrogens is 1. The molecule has 1 saturated carbocycles. The summed E-state index contributed by atoms with van der Waals surface area (Å²) in [4.78, 5) is 32.5. The molecular formula is C21H24F3N3O2S. The molecule has 2 amide bonds. The van der Waals surface area contributed by atoms with Crippen molar-refractivity contribution >= 4 is 28.3 Å². The van der Waals surface area contributed by atoms with Crippen molar-refractivity contribution in [3.63, 3.8) is 0 Å². The summed E-state index contributed by atoms with van der Waals surface area (Å²) in [6, 6.07) is 4.03. The number of aryl methyl sites for hydroxylation is 2. The largest absolute Gasteiger partial charge is 0.416 e. The summed E-state index contributed by atoms with van der Waals surface area (Å²) in [5.41, 5.74) is 0.165. The van der Waals surface area contributed by atoms with Crippen LogP contribution in [0, 0.1) is 13.8 Å². The van der Waals surface area contributed by atoms with E-state index in [-0.39, 0.29) is 24.1 Å². The Kier molecular flexibility index (Phi) is 6.80. The van der Waals surface area contributed by atoms with E-state index in [0.717, 1.165) is 54.8 Å². The maximum absolute atomic E-state index is 13.1. The van der Waals surface area contributed by atoms with Crippen molar-refractivity contribution in [2.24, 2.45) is 0 Å². The maximum Gasteiger partial charge on any atom is 0.416 e. The molecule has 30 heavy (non-hydrogen) atoms. The molecule has 1 heterocycles. The van der Waals surface area contributed by atoms with E-state index in [9.17, 15) is 22.8 Å². The summed E-state index contributed by atoms with van der Waals surface area (Å²) < 4.78 is 38.5. The molecule has 0 radical (unpaired) electrons. The van der Waals surface area contributed by atoms with Gasteiger partial charge in [-0.3, -0.25) is 9.59 Å². The van der Waals surface area contributed by atoms with Gasteiger partial charge >= 0.3 is 6.18 Å². The molecule has 1 aromatic carbocycles. The first-order chi connectivity index (χ1) is 14.1. The first-order valence-corrected chi connectivity index (χ1v) is 10.7. The number of alkyl halides is 3. The zero-order valence-electron chi connectivity index (χ0n) is 16.9. The highest BCUT2D eigenvalue weighted by Crippen LogP contribution is 2.30. The van der Waals surface area contributed by atoms with Gasteiger partial charge in [0.15, 0.2) is 5.13 Å². The molecule has 0 aliphatic heterocycles. The number of hydrogen-bond donors (Lipinski definition) is 1. The van der Waals surface area contributed by atoms with Gasteiger partial charge in [0.25, 0.3) is 5.91 Å². The highest BCUT2D eigenvalue weighted by Gasteiger charge is 2.32. The number of nitrogens with one attached hydrogen (secondary N) is 1. The third-order valence-corrected chi connectivity index (χ3v) is 6.31. The van der Waals surface area contributed by atoms with Gasteiger partial charge < -0.3 is 10.2 Å². The van der Waals surface area contributed by atoms with Gasteiger partial charge in [-0.05, 0) is 51.0 Å². The van der Waals surface area contributed by atoms with Crippen LogP contribution in [0.4, 0.5) is 18.3 Å². The Balaban J connectivity index is 1.77. The number of carbonyl (C=O) groups excluding carboxylic acids is 2. The van der Waals surface area contributed by atoms with Crippen LogP contribution in [0.15, 0.2) is 24.3 Å². The Bertz CT molecular complexity index is 884. The summed E-state index contributed by atoms with van der Waals surface area (Å²) >= 11 is 1.36. The quantitative estimate of drug-likeness (QED) is 0.697. The van der Waals surface area contributed by atoms with Crippen LogP contribution < -0.4 is 5.32 Å². The van der Waals surface area contributed by atoms with Crippen LogP contribution in [0.3, 0.4) is 0 Å². The zero-order chi connectivity index (χ0) is 21.9. The van der Waals surface area contributed by atoms with Crippen molar-refractivity contribution in [2.75, 3.05) is 11.9 Å². The fraction of sp³-hybridized carbons (Fsp3) is 0.476. The zero-order valence-corrected chi connectivity index (χ0v) is 17.7. The van der Waals surface area contributed by atoms with Crippen LogP contribution in [0.2, 0.25) is 0 Å². The van der Waals surface area contributed by atoms with Crippen molar-refractivity contribution in [1.82, 2.24) is 9.88 Å². The van der Waals surface area contributed by atoms with E-state index in [4.69, 9.17) is 0 Å². The number of rotatable bonds is 5. The number of anilines is 1. The lowest BCUT2D eigenvalue weighted by Crippen LogP contribution is -2.45. The smallest absolute Gasteiger partial charge is 0.326 e. The number of benzene rings is 1. The number of carbonyl (C=O) groups is 2. The molecule has 0 spiro atoms. The Labute approximate surface area is 177 Å². The third-order valence-electron chi connectivity index (χ3n) is 5.32. The number of thiazole rings is 1. The standard InChI is InChI=1S/C21H24F3N3O2S/c1-13-14(2)30-20(25-13)26-18(28)12-27(17-6-4-3-5-7-17)19(29)15-8-10-16(11-9-15)21(22,23)24/h8-11,17H,3-7,12H2,1-2H3,(H,25,26,28). The molecule has 9 heteroatoms. The summed E-state index contributed by atoms with van der Waals surface area (Å²) in [5, 5.41) is 3.21. The lowest BCUT2D eigenvalue weighted by Gasteiger charge is -2.34. The SMILES string of the molecule is Cc1nc(NC(=O)CN(C(=O)c2ccc(C(F)(F)F)cc2)C2CCCCC2)sc1C. The van der Waals surface area contributed by atoms with Crippen molar-refractivity contribution in [2.45, 2.75) is 58.2 Å². The number of amides is 2. The van der Waals surface area contributed by atoms with Gasteiger partial charge in [-0.25, -0.2) is 4.98 Å². The van der Waals surface area contributed by atoms with E-state index in [1.54, 1.807) is 0 Å². The van der Waals surface area contributed by atoms with Crippen molar-refractivity contribution in [3.8, 4) is 0 Å². The van der Waals surface area contributed by atoms with Crippen LogP contribution in [-0.2, 0) is 11.0 Å². The number of nitrogens with zero attached hydrogens (tertiary/aromatic N) is 2. The minimum atomic E-state index is -4.46. The molecule has 3 rings (SSSR count). The summed E-state index contributed by atoms with van der Waals surface area (Å²) in [6.07, 6.45) is 0.0588. The second-order valence-corrected chi connectivity index (χ2v) is 8.71. The molecule has 0 atom stereocenters. The predicted octanol–water partition coefficient (Wildman–Crippen LogP) is 5.19. The van der Waals surface area contributed by atoms with Gasteiger partial charge in [-0.15, -0.1) is 11.3 Å².